The molecule has 1 unspecified atom stereocenters. The van der Waals surface area contributed by atoms with Crippen LogP contribution in [0.2, 0.25) is 0 Å². The molecular formula is C13H24N2O. The molecule has 1 fully saturated rings. The molecule has 0 aromatic rings. The Bertz CT molecular complexity index is 212. The summed E-state index contributed by atoms with van der Waals surface area (Å²) >= 11 is 0. The zero-order valence-corrected chi connectivity index (χ0v) is 10.2. The van der Waals surface area contributed by atoms with E-state index in [-0.39, 0.29) is 0 Å². The van der Waals surface area contributed by atoms with E-state index in [1.165, 1.54) is 32.2 Å². The van der Waals surface area contributed by atoms with Gasteiger partial charge in [0.2, 0.25) is 0 Å². The molecule has 1 N–H and O–H groups in total. The minimum atomic E-state index is 0.637. The Morgan fingerprint density at radius 1 is 1.31 bits per heavy atom. The lowest BCUT2D eigenvalue weighted by atomic mass is 10.0. The molecule has 1 saturated heterocycles. The fourth-order valence-electron chi connectivity index (χ4n) is 2.40. The summed E-state index contributed by atoms with van der Waals surface area (Å²) < 4.78 is 5.33. The van der Waals surface area contributed by atoms with E-state index in [2.05, 4.69) is 22.4 Å². The van der Waals surface area contributed by atoms with Crippen molar-refractivity contribution in [3.05, 3.63) is 12.2 Å². The largest absolute Gasteiger partial charge is 0.379 e. The van der Waals surface area contributed by atoms with Crippen LogP contribution < -0.4 is 5.32 Å². The summed E-state index contributed by atoms with van der Waals surface area (Å²) in [5.41, 5.74) is 0. The molecule has 92 valence electrons. The summed E-state index contributed by atoms with van der Waals surface area (Å²) in [5.74, 6) is 0. The maximum absolute atomic E-state index is 5.33. The van der Waals surface area contributed by atoms with E-state index in [0.717, 1.165) is 32.8 Å². The molecule has 2 aliphatic rings. The zero-order valence-electron chi connectivity index (χ0n) is 10.2. The standard InChI is InChI=1S/C13H24N2O/c1-2-5-13(6-3-1)14-7-4-8-15-9-11-16-12-10-15/h2,5,13-14H,1,3-4,6-12H2. The molecule has 1 atom stereocenters. The van der Waals surface area contributed by atoms with Crippen LogP contribution in [0.5, 0.6) is 0 Å². The number of rotatable bonds is 5. The number of ether oxygens (including phenoxy) is 1. The molecule has 0 aromatic heterocycles. The summed E-state index contributed by atoms with van der Waals surface area (Å²) in [7, 11) is 0. The molecule has 1 heterocycles. The number of nitrogens with zero attached hydrogens (tertiary/aromatic N) is 1. The highest BCUT2D eigenvalue weighted by Crippen LogP contribution is 2.09. The van der Waals surface area contributed by atoms with Crippen molar-refractivity contribution in [2.75, 3.05) is 39.4 Å². The van der Waals surface area contributed by atoms with Crippen molar-refractivity contribution in [1.29, 1.82) is 0 Å². The van der Waals surface area contributed by atoms with Crippen LogP contribution in [-0.4, -0.2) is 50.3 Å². The molecule has 0 bridgehead atoms. The van der Waals surface area contributed by atoms with Crippen LogP contribution in [0.25, 0.3) is 0 Å². The van der Waals surface area contributed by atoms with Crippen molar-refractivity contribution in [2.24, 2.45) is 0 Å². The van der Waals surface area contributed by atoms with Gasteiger partial charge in [-0.3, -0.25) is 4.90 Å². The smallest absolute Gasteiger partial charge is 0.0594 e. The molecule has 2 rings (SSSR count). The zero-order chi connectivity index (χ0) is 11.1. The Labute approximate surface area is 98.8 Å². The van der Waals surface area contributed by atoms with Crippen molar-refractivity contribution in [3.63, 3.8) is 0 Å². The summed E-state index contributed by atoms with van der Waals surface area (Å²) in [6.07, 6.45) is 9.82. The van der Waals surface area contributed by atoms with E-state index in [1.54, 1.807) is 0 Å². The fourth-order valence-corrected chi connectivity index (χ4v) is 2.40. The highest BCUT2D eigenvalue weighted by Gasteiger charge is 2.10. The highest BCUT2D eigenvalue weighted by molar-refractivity contribution is 4.97. The number of hydrogen-bond acceptors (Lipinski definition) is 3. The topological polar surface area (TPSA) is 24.5 Å². The van der Waals surface area contributed by atoms with Crippen molar-refractivity contribution in [1.82, 2.24) is 10.2 Å². The third-order valence-electron chi connectivity index (χ3n) is 3.42. The molecule has 0 aromatic carbocycles. The van der Waals surface area contributed by atoms with Crippen LogP contribution >= 0.6 is 0 Å². The maximum atomic E-state index is 5.33. The lowest BCUT2D eigenvalue weighted by molar-refractivity contribution is 0.0374. The van der Waals surface area contributed by atoms with E-state index in [4.69, 9.17) is 4.74 Å². The van der Waals surface area contributed by atoms with Crippen LogP contribution in [0.3, 0.4) is 0 Å². The summed E-state index contributed by atoms with van der Waals surface area (Å²) in [6, 6.07) is 0.637. The van der Waals surface area contributed by atoms with Gasteiger partial charge in [0.15, 0.2) is 0 Å². The Kier molecular flexibility index (Phi) is 5.32. The SMILES string of the molecule is C1=CC(NCCCN2CCOCC2)CCC1. The molecule has 0 radical (unpaired) electrons. The molecule has 1 aliphatic heterocycles. The van der Waals surface area contributed by atoms with E-state index < -0.39 is 0 Å². The van der Waals surface area contributed by atoms with E-state index in [9.17, 15) is 0 Å². The van der Waals surface area contributed by atoms with Crippen molar-refractivity contribution < 1.29 is 4.74 Å². The third-order valence-corrected chi connectivity index (χ3v) is 3.42. The Balaban J connectivity index is 1.50. The summed E-state index contributed by atoms with van der Waals surface area (Å²) in [4.78, 5) is 2.50. The first-order valence-electron chi connectivity index (χ1n) is 6.65. The van der Waals surface area contributed by atoms with Gasteiger partial charge in [-0.1, -0.05) is 12.2 Å². The molecule has 0 saturated carbocycles. The fraction of sp³-hybridized carbons (Fsp3) is 0.846. The van der Waals surface area contributed by atoms with Gasteiger partial charge < -0.3 is 10.1 Å². The second-order valence-corrected chi connectivity index (χ2v) is 4.73. The quantitative estimate of drug-likeness (QED) is 0.564. The van der Waals surface area contributed by atoms with Crippen LogP contribution in [0.1, 0.15) is 25.7 Å². The number of hydrogen-bond donors (Lipinski definition) is 1. The molecule has 3 heteroatoms. The molecule has 0 amide bonds. The number of nitrogens with one attached hydrogen (secondary N) is 1. The van der Waals surface area contributed by atoms with Gasteiger partial charge in [-0.05, 0) is 38.8 Å². The molecular weight excluding hydrogens is 200 g/mol. The third kappa shape index (κ3) is 4.24. The summed E-state index contributed by atoms with van der Waals surface area (Å²) in [5, 5.41) is 3.62. The number of allylic oxidation sites excluding steroid dienone is 1. The minimum absolute atomic E-state index is 0.637. The first-order valence-corrected chi connectivity index (χ1v) is 6.65. The second-order valence-electron chi connectivity index (χ2n) is 4.73. The predicted molar refractivity (Wildman–Crippen MR) is 66.7 cm³/mol. The van der Waals surface area contributed by atoms with E-state index in [1.807, 2.05) is 0 Å². The maximum Gasteiger partial charge on any atom is 0.0594 e. The van der Waals surface area contributed by atoms with Gasteiger partial charge in [0.05, 0.1) is 13.2 Å². The van der Waals surface area contributed by atoms with Gasteiger partial charge in [0.1, 0.15) is 0 Å². The molecule has 0 spiro atoms. The Morgan fingerprint density at radius 2 is 2.19 bits per heavy atom. The minimum Gasteiger partial charge on any atom is -0.379 e. The van der Waals surface area contributed by atoms with Crippen LogP contribution in [0, 0.1) is 0 Å². The Hall–Kier alpha value is -0.380. The first kappa shape index (κ1) is 12.1. The van der Waals surface area contributed by atoms with E-state index >= 15 is 0 Å². The van der Waals surface area contributed by atoms with Gasteiger partial charge in [-0.2, -0.15) is 0 Å². The number of morpholine rings is 1. The van der Waals surface area contributed by atoms with Gasteiger partial charge in [-0.15, -0.1) is 0 Å². The lowest BCUT2D eigenvalue weighted by Crippen LogP contribution is -2.38. The van der Waals surface area contributed by atoms with E-state index in [0.29, 0.717) is 6.04 Å². The van der Waals surface area contributed by atoms with Crippen LogP contribution in [0.15, 0.2) is 12.2 Å². The Morgan fingerprint density at radius 3 is 2.94 bits per heavy atom. The second kappa shape index (κ2) is 7.05. The van der Waals surface area contributed by atoms with Crippen molar-refractivity contribution in [2.45, 2.75) is 31.7 Å². The van der Waals surface area contributed by atoms with Gasteiger partial charge in [-0.25, -0.2) is 0 Å². The average molecular weight is 224 g/mol. The van der Waals surface area contributed by atoms with Crippen LogP contribution in [0.4, 0.5) is 0 Å². The van der Waals surface area contributed by atoms with Gasteiger partial charge in [0, 0.05) is 19.1 Å². The van der Waals surface area contributed by atoms with Gasteiger partial charge in [0.25, 0.3) is 0 Å². The molecule has 16 heavy (non-hydrogen) atoms. The average Bonchev–Trinajstić information content (AvgIpc) is 2.37. The highest BCUT2D eigenvalue weighted by atomic mass is 16.5. The lowest BCUT2D eigenvalue weighted by Gasteiger charge is -2.27. The first-order chi connectivity index (χ1) is 7.95. The molecule has 1 aliphatic carbocycles. The monoisotopic (exact) mass is 224 g/mol. The van der Waals surface area contributed by atoms with Gasteiger partial charge >= 0.3 is 0 Å². The summed E-state index contributed by atoms with van der Waals surface area (Å²) in [6.45, 7) is 6.42. The van der Waals surface area contributed by atoms with Crippen molar-refractivity contribution >= 4 is 0 Å². The van der Waals surface area contributed by atoms with Crippen LogP contribution in [-0.2, 0) is 4.74 Å². The normalized spacial score (nSPS) is 27.1. The van der Waals surface area contributed by atoms with Crippen molar-refractivity contribution in [3.8, 4) is 0 Å². The predicted octanol–water partition coefficient (Wildman–Crippen LogP) is 1.41. The molecule has 3 nitrogen and oxygen atoms in total.